The van der Waals surface area contributed by atoms with Crippen LogP contribution in [0.1, 0.15) is 24.2 Å². The fraction of sp³-hybridized carbons (Fsp3) is 0.240. The van der Waals surface area contributed by atoms with Gasteiger partial charge in [0.15, 0.2) is 11.5 Å². The van der Waals surface area contributed by atoms with Gasteiger partial charge in [-0.25, -0.2) is 8.42 Å². The van der Waals surface area contributed by atoms with Crippen molar-refractivity contribution in [2.45, 2.75) is 18.7 Å². The second kappa shape index (κ2) is 10.9. The van der Waals surface area contributed by atoms with Crippen LogP contribution in [0.2, 0.25) is 0 Å². The quantitative estimate of drug-likeness (QED) is 0.453. The molecule has 0 aromatic heterocycles. The van der Waals surface area contributed by atoms with Crippen molar-refractivity contribution in [1.82, 2.24) is 0 Å². The molecule has 3 aromatic carbocycles. The first-order chi connectivity index (χ1) is 16.3. The van der Waals surface area contributed by atoms with E-state index in [9.17, 15) is 13.2 Å². The molecule has 0 spiro atoms. The van der Waals surface area contributed by atoms with E-state index in [0.29, 0.717) is 35.1 Å². The van der Waals surface area contributed by atoms with E-state index in [-0.39, 0.29) is 17.1 Å². The highest BCUT2D eigenvalue weighted by atomic mass is 32.2. The summed E-state index contributed by atoms with van der Waals surface area (Å²) in [5.74, 6) is 0.810. The number of rotatable bonds is 10. The van der Waals surface area contributed by atoms with Crippen LogP contribution in [0.15, 0.2) is 71.6 Å². The van der Waals surface area contributed by atoms with Gasteiger partial charge in [-0.05, 0) is 62.4 Å². The predicted molar refractivity (Wildman–Crippen MR) is 132 cm³/mol. The largest absolute Gasteiger partial charge is 0.495 e. The minimum Gasteiger partial charge on any atom is -0.495 e. The fourth-order valence-electron chi connectivity index (χ4n) is 3.44. The summed E-state index contributed by atoms with van der Waals surface area (Å²) in [6.45, 7) is 4.31. The van der Waals surface area contributed by atoms with Crippen LogP contribution in [0.4, 0.5) is 11.4 Å². The first kappa shape index (κ1) is 24.9. The normalized spacial score (nSPS) is 10.9. The average molecular weight is 485 g/mol. The van der Waals surface area contributed by atoms with E-state index in [1.807, 2.05) is 13.0 Å². The summed E-state index contributed by atoms with van der Waals surface area (Å²) in [4.78, 5) is 13.0. The molecule has 8 nitrogen and oxygen atoms in total. The molecule has 0 aliphatic carbocycles. The van der Waals surface area contributed by atoms with Gasteiger partial charge < -0.3 is 19.5 Å². The molecule has 3 rings (SSSR count). The first-order valence-electron chi connectivity index (χ1n) is 10.7. The van der Waals surface area contributed by atoms with Crippen molar-refractivity contribution in [3.63, 3.8) is 0 Å². The SMILES string of the molecule is CCOc1ccc(C(=O)Nc2cc(S(=O)(=O)N(CC)c3ccccc3)ccc2OC)cc1OC. The maximum atomic E-state index is 13.4. The van der Waals surface area contributed by atoms with Gasteiger partial charge in [0.1, 0.15) is 5.75 Å². The van der Waals surface area contributed by atoms with Crippen molar-refractivity contribution >= 4 is 27.3 Å². The molecule has 1 N–H and O–H groups in total. The molecular formula is C25H28N2O6S. The molecule has 0 bridgehead atoms. The molecule has 0 radical (unpaired) electrons. The second-order valence-electron chi connectivity index (χ2n) is 7.12. The first-order valence-corrected chi connectivity index (χ1v) is 12.2. The third-order valence-corrected chi connectivity index (χ3v) is 6.96. The van der Waals surface area contributed by atoms with E-state index in [1.54, 1.807) is 49.4 Å². The van der Waals surface area contributed by atoms with Crippen molar-refractivity contribution in [2.75, 3.05) is 37.0 Å². The van der Waals surface area contributed by atoms with E-state index in [1.165, 1.54) is 36.7 Å². The maximum absolute atomic E-state index is 13.4. The van der Waals surface area contributed by atoms with Gasteiger partial charge in [0.05, 0.1) is 37.1 Å². The number of carbonyl (C=O) groups is 1. The number of hydrogen-bond acceptors (Lipinski definition) is 6. The Labute approximate surface area is 200 Å². The van der Waals surface area contributed by atoms with Gasteiger partial charge in [0.25, 0.3) is 15.9 Å². The lowest BCUT2D eigenvalue weighted by Gasteiger charge is -2.23. The van der Waals surface area contributed by atoms with Crippen LogP contribution in [0.5, 0.6) is 17.2 Å². The van der Waals surface area contributed by atoms with Gasteiger partial charge in [0, 0.05) is 12.1 Å². The zero-order valence-electron chi connectivity index (χ0n) is 19.6. The van der Waals surface area contributed by atoms with Crippen LogP contribution in [0.3, 0.4) is 0 Å². The molecule has 34 heavy (non-hydrogen) atoms. The number of anilines is 2. The topological polar surface area (TPSA) is 94.2 Å². The van der Waals surface area contributed by atoms with Crippen LogP contribution in [-0.4, -0.2) is 41.7 Å². The minimum absolute atomic E-state index is 0.0265. The molecule has 0 fully saturated rings. The Bertz CT molecular complexity index is 1250. The van der Waals surface area contributed by atoms with E-state index >= 15 is 0 Å². The second-order valence-corrected chi connectivity index (χ2v) is 8.98. The highest BCUT2D eigenvalue weighted by Crippen LogP contribution is 2.32. The Kier molecular flexibility index (Phi) is 8.01. The summed E-state index contributed by atoms with van der Waals surface area (Å²) >= 11 is 0. The van der Waals surface area contributed by atoms with Gasteiger partial charge in [-0.2, -0.15) is 0 Å². The molecular weight excluding hydrogens is 456 g/mol. The molecule has 0 aliphatic rings. The highest BCUT2D eigenvalue weighted by molar-refractivity contribution is 7.92. The monoisotopic (exact) mass is 484 g/mol. The summed E-state index contributed by atoms with van der Waals surface area (Å²) in [7, 11) is -0.950. The lowest BCUT2D eigenvalue weighted by atomic mass is 10.1. The van der Waals surface area contributed by atoms with Crippen LogP contribution < -0.4 is 23.8 Å². The van der Waals surface area contributed by atoms with Crippen LogP contribution in [0, 0.1) is 0 Å². The third-order valence-electron chi connectivity index (χ3n) is 5.06. The summed E-state index contributed by atoms with van der Waals surface area (Å²) < 4.78 is 44.3. The molecule has 0 unspecified atom stereocenters. The molecule has 0 saturated heterocycles. The molecule has 0 saturated carbocycles. The third kappa shape index (κ3) is 5.26. The van der Waals surface area contributed by atoms with E-state index in [0.717, 1.165) is 0 Å². The lowest BCUT2D eigenvalue weighted by Crippen LogP contribution is -2.30. The number of methoxy groups -OCH3 is 2. The summed E-state index contributed by atoms with van der Waals surface area (Å²) in [5, 5.41) is 2.75. The number of para-hydroxylation sites is 1. The number of sulfonamides is 1. The summed E-state index contributed by atoms with van der Waals surface area (Å²) in [6.07, 6.45) is 0. The number of nitrogens with zero attached hydrogens (tertiary/aromatic N) is 1. The van der Waals surface area contributed by atoms with Crippen molar-refractivity contribution in [3.8, 4) is 17.2 Å². The summed E-state index contributed by atoms with van der Waals surface area (Å²) in [6, 6.07) is 18.0. The van der Waals surface area contributed by atoms with Crippen LogP contribution in [0.25, 0.3) is 0 Å². The van der Waals surface area contributed by atoms with Crippen LogP contribution >= 0.6 is 0 Å². The number of benzene rings is 3. The molecule has 0 atom stereocenters. The van der Waals surface area contributed by atoms with Gasteiger partial charge in [-0.3, -0.25) is 9.10 Å². The summed E-state index contributed by atoms with van der Waals surface area (Å²) in [5.41, 5.74) is 1.09. The molecule has 180 valence electrons. The smallest absolute Gasteiger partial charge is 0.264 e. The van der Waals surface area contributed by atoms with E-state index < -0.39 is 15.9 Å². The number of amides is 1. The Hall–Kier alpha value is -3.72. The van der Waals surface area contributed by atoms with Gasteiger partial charge in [-0.15, -0.1) is 0 Å². The number of nitrogens with one attached hydrogen (secondary N) is 1. The Morgan fingerprint density at radius 1 is 0.882 bits per heavy atom. The molecule has 9 heteroatoms. The standard InChI is InChI=1S/C25H28N2O6S/c1-5-27(19-10-8-7-9-11-19)34(29,30)20-13-15-22(31-3)21(17-20)26-25(28)18-12-14-23(33-6-2)24(16-18)32-4/h7-17H,5-6H2,1-4H3,(H,26,28). The minimum atomic E-state index is -3.88. The zero-order chi connectivity index (χ0) is 24.7. The van der Waals surface area contributed by atoms with Gasteiger partial charge >= 0.3 is 0 Å². The Balaban J connectivity index is 1.95. The molecule has 0 heterocycles. The van der Waals surface area contributed by atoms with Crippen molar-refractivity contribution in [1.29, 1.82) is 0 Å². The number of ether oxygens (including phenoxy) is 3. The molecule has 1 amide bonds. The Morgan fingerprint density at radius 3 is 2.18 bits per heavy atom. The lowest BCUT2D eigenvalue weighted by molar-refractivity contribution is 0.102. The zero-order valence-corrected chi connectivity index (χ0v) is 20.4. The Morgan fingerprint density at radius 2 is 1.56 bits per heavy atom. The van der Waals surface area contributed by atoms with Crippen molar-refractivity contribution in [3.05, 3.63) is 72.3 Å². The van der Waals surface area contributed by atoms with Gasteiger partial charge in [-0.1, -0.05) is 18.2 Å². The van der Waals surface area contributed by atoms with Crippen LogP contribution in [-0.2, 0) is 10.0 Å². The number of hydrogen-bond donors (Lipinski definition) is 1. The van der Waals surface area contributed by atoms with Gasteiger partial charge in [0.2, 0.25) is 0 Å². The number of carbonyl (C=O) groups excluding carboxylic acids is 1. The maximum Gasteiger partial charge on any atom is 0.264 e. The fourth-order valence-corrected chi connectivity index (χ4v) is 4.94. The van der Waals surface area contributed by atoms with Crippen molar-refractivity contribution in [2.24, 2.45) is 0 Å². The van der Waals surface area contributed by atoms with E-state index in [4.69, 9.17) is 14.2 Å². The van der Waals surface area contributed by atoms with Crippen molar-refractivity contribution < 1.29 is 27.4 Å². The molecule has 0 aliphatic heterocycles. The average Bonchev–Trinajstić information content (AvgIpc) is 2.85. The highest BCUT2D eigenvalue weighted by Gasteiger charge is 2.25. The predicted octanol–water partition coefficient (Wildman–Crippen LogP) is 4.57. The molecule has 3 aromatic rings. The van der Waals surface area contributed by atoms with E-state index in [2.05, 4.69) is 5.32 Å².